The molecule has 0 amide bonds. The number of benzene rings is 1. The van der Waals surface area contributed by atoms with E-state index < -0.39 is 38.3 Å². The molecule has 5 nitrogen and oxygen atoms in total. The van der Waals surface area contributed by atoms with Crippen LogP contribution in [0.25, 0.3) is 0 Å². The highest BCUT2D eigenvalue weighted by atomic mass is 32.2. The molecule has 1 atom stereocenters. The molecular weight excluding hydrogens is 278 g/mol. The second kappa shape index (κ2) is 5.81. The Labute approximate surface area is 111 Å². The van der Waals surface area contributed by atoms with Crippen molar-refractivity contribution in [3.05, 3.63) is 23.8 Å². The van der Waals surface area contributed by atoms with Crippen molar-refractivity contribution < 1.29 is 21.9 Å². The fourth-order valence-electron chi connectivity index (χ4n) is 1.49. The number of nitrogens with zero attached hydrogens (tertiary/aromatic N) is 1. The van der Waals surface area contributed by atoms with Crippen molar-refractivity contribution in [3.63, 3.8) is 0 Å². The summed E-state index contributed by atoms with van der Waals surface area (Å²) < 4.78 is 57.0. The Kier molecular flexibility index (Phi) is 4.83. The molecule has 0 heterocycles. The Morgan fingerprint density at radius 2 is 2.00 bits per heavy atom. The molecule has 1 unspecified atom stereocenters. The third-order valence-corrected chi connectivity index (χ3v) is 4.77. The van der Waals surface area contributed by atoms with E-state index in [0.717, 1.165) is 16.4 Å². The van der Waals surface area contributed by atoms with E-state index in [4.69, 9.17) is 10.5 Å². The Morgan fingerprint density at radius 3 is 2.53 bits per heavy atom. The van der Waals surface area contributed by atoms with Crippen LogP contribution in [0.3, 0.4) is 0 Å². The zero-order valence-corrected chi connectivity index (χ0v) is 11.7. The summed E-state index contributed by atoms with van der Waals surface area (Å²) in [7, 11) is -1.38. The van der Waals surface area contributed by atoms with E-state index in [1.165, 1.54) is 14.2 Å². The number of nitrogen functional groups attached to an aromatic ring is 1. The zero-order valence-electron chi connectivity index (χ0n) is 10.9. The van der Waals surface area contributed by atoms with Crippen LogP contribution in [0.4, 0.5) is 14.5 Å². The Bertz CT molecular complexity index is 563. The van der Waals surface area contributed by atoms with E-state index >= 15 is 0 Å². The third kappa shape index (κ3) is 3.02. The topological polar surface area (TPSA) is 72.6 Å². The van der Waals surface area contributed by atoms with Crippen LogP contribution in [0.5, 0.6) is 0 Å². The average Bonchev–Trinajstić information content (AvgIpc) is 2.35. The molecule has 1 aromatic carbocycles. The monoisotopic (exact) mass is 294 g/mol. The molecule has 8 heteroatoms. The van der Waals surface area contributed by atoms with Crippen LogP contribution in [-0.4, -0.2) is 39.5 Å². The Morgan fingerprint density at radius 1 is 1.42 bits per heavy atom. The fourth-order valence-corrected chi connectivity index (χ4v) is 2.91. The Hall–Kier alpha value is -1.25. The van der Waals surface area contributed by atoms with Crippen molar-refractivity contribution in [1.82, 2.24) is 4.31 Å². The SMILES string of the molecule is COCC(C)N(C)S(=O)(=O)c1ccc(F)c(N)c1F. The minimum Gasteiger partial charge on any atom is -0.394 e. The largest absolute Gasteiger partial charge is 0.394 e. The normalized spacial score (nSPS) is 13.8. The smallest absolute Gasteiger partial charge is 0.246 e. The third-order valence-electron chi connectivity index (χ3n) is 2.78. The minimum absolute atomic E-state index is 0.147. The summed E-state index contributed by atoms with van der Waals surface area (Å²) in [5.74, 6) is -2.28. The number of rotatable bonds is 5. The summed E-state index contributed by atoms with van der Waals surface area (Å²) in [4.78, 5) is -0.656. The van der Waals surface area contributed by atoms with Gasteiger partial charge in [-0.15, -0.1) is 0 Å². The van der Waals surface area contributed by atoms with E-state index in [0.29, 0.717) is 0 Å². The van der Waals surface area contributed by atoms with Gasteiger partial charge in [-0.3, -0.25) is 0 Å². The lowest BCUT2D eigenvalue weighted by molar-refractivity contribution is 0.149. The van der Waals surface area contributed by atoms with E-state index in [1.54, 1.807) is 6.92 Å². The number of hydrogen-bond donors (Lipinski definition) is 1. The van der Waals surface area contributed by atoms with Crippen LogP contribution in [0.2, 0.25) is 0 Å². The summed E-state index contributed by atoms with van der Waals surface area (Å²) in [6.45, 7) is 1.75. The summed E-state index contributed by atoms with van der Waals surface area (Å²) >= 11 is 0. The van der Waals surface area contributed by atoms with Crippen molar-refractivity contribution in [2.24, 2.45) is 0 Å². The van der Waals surface area contributed by atoms with Gasteiger partial charge in [0.15, 0.2) is 5.82 Å². The van der Waals surface area contributed by atoms with Gasteiger partial charge in [-0.2, -0.15) is 4.31 Å². The summed E-state index contributed by atoms with van der Waals surface area (Å²) in [6.07, 6.45) is 0. The molecular formula is C11H16F2N2O3S. The average molecular weight is 294 g/mol. The lowest BCUT2D eigenvalue weighted by Gasteiger charge is -2.24. The van der Waals surface area contributed by atoms with Crippen molar-refractivity contribution in [1.29, 1.82) is 0 Å². The lowest BCUT2D eigenvalue weighted by Crippen LogP contribution is -2.38. The molecule has 0 spiro atoms. The van der Waals surface area contributed by atoms with Crippen molar-refractivity contribution in [2.75, 3.05) is 26.5 Å². The summed E-state index contributed by atoms with van der Waals surface area (Å²) in [6, 6.07) is 1.17. The molecule has 0 saturated carbocycles. The van der Waals surface area contributed by atoms with Gasteiger partial charge in [0.2, 0.25) is 10.0 Å². The van der Waals surface area contributed by atoms with E-state index in [9.17, 15) is 17.2 Å². The minimum atomic E-state index is -4.10. The highest BCUT2D eigenvalue weighted by Gasteiger charge is 2.29. The predicted molar refractivity (Wildman–Crippen MR) is 67.1 cm³/mol. The van der Waals surface area contributed by atoms with Crippen molar-refractivity contribution in [3.8, 4) is 0 Å². The first-order valence-corrected chi connectivity index (χ1v) is 6.88. The summed E-state index contributed by atoms with van der Waals surface area (Å²) in [5.41, 5.74) is 4.35. The Balaban J connectivity index is 3.25. The van der Waals surface area contributed by atoms with E-state index in [2.05, 4.69) is 0 Å². The molecule has 0 fully saturated rings. The van der Waals surface area contributed by atoms with Gasteiger partial charge in [0.1, 0.15) is 16.4 Å². The molecule has 0 aromatic heterocycles. The van der Waals surface area contributed by atoms with Crippen LogP contribution in [0.15, 0.2) is 17.0 Å². The molecule has 0 aliphatic rings. The molecule has 0 saturated heterocycles. The number of halogens is 2. The maximum atomic E-state index is 13.8. The van der Waals surface area contributed by atoms with Gasteiger partial charge in [-0.25, -0.2) is 17.2 Å². The standard InChI is InChI=1S/C11H16F2N2O3S/c1-7(6-18-3)15(2)19(16,17)9-5-4-8(12)11(14)10(9)13/h4-5,7H,6,14H2,1-3H3. The molecule has 0 radical (unpaired) electrons. The van der Waals surface area contributed by atoms with Crippen LogP contribution in [0, 0.1) is 11.6 Å². The number of sulfonamides is 1. The number of nitrogens with two attached hydrogens (primary N) is 1. The second-order valence-corrected chi connectivity index (χ2v) is 6.06. The molecule has 19 heavy (non-hydrogen) atoms. The van der Waals surface area contributed by atoms with Gasteiger partial charge in [0, 0.05) is 20.2 Å². The van der Waals surface area contributed by atoms with Gasteiger partial charge in [0.25, 0.3) is 0 Å². The quantitative estimate of drug-likeness (QED) is 0.828. The van der Waals surface area contributed by atoms with Crippen LogP contribution >= 0.6 is 0 Å². The molecule has 0 bridgehead atoms. The zero-order chi connectivity index (χ0) is 14.8. The number of likely N-dealkylation sites (N-methyl/N-ethyl adjacent to an activating group) is 1. The van der Waals surface area contributed by atoms with Crippen molar-refractivity contribution >= 4 is 15.7 Å². The molecule has 1 rings (SSSR count). The second-order valence-electron chi connectivity index (χ2n) is 4.10. The lowest BCUT2D eigenvalue weighted by atomic mass is 10.3. The molecule has 2 N–H and O–H groups in total. The van der Waals surface area contributed by atoms with Gasteiger partial charge in [-0.1, -0.05) is 0 Å². The van der Waals surface area contributed by atoms with Crippen LogP contribution < -0.4 is 5.73 Å². The fraction of sp³-hybridized carbons (Fsp3) is 0.455. The highest BCUT2D eigenvalue weighted by molar-refractivity contribution is 7.89. The van der Waals surface area contributed by atoms with Gasteiger partial charge < -0.3 is 10.5 Å². The first-order valence-electron chi connectivity index (χ1n) is 5.44. The first kappa shape index (κ1) is 15.8. The number of anilines is 1. The van der Waals surface area contributed by atoms with Crippen LogP contribution in [0.1, 0.15) is 6.92 Å². The number of methoxy groups -OCH3 is 1. The van der Waals surface area contributed by atoms with Crippen molar-refractivity contribution in [2.45, 2.75) is 17.9 Å². The van der Waals surface area contributed by atoms with Crippen LogP contribution in [-0.2, 0) is 14.8 Å². The van der Waals surface area contributed by atoms with Gasteiger partial charge >= 0.3 is 0 Å². The predicted octanol–water partition coefficient (Wildman–Crippen LogP) is 1.20. The van der Waals surface area contributed by atoms with Gasteiger partial charge in [0.05, 0.1) is 6.61 Å². The first-order chi connectivity index (χ1) is 8.73. The number of hydrogen-bond acceptors (Lipinski definition) is 4. The molecule has 108 valence electrons. The summed E-state index contributed by atoms with van der Waals surface area (Å²) in [5, 5.41) is 0. The van der Waals surface area contributed by atoms with E-state index in [-0.39, 0.29) is 6.61 Å². The number of ether oxygens (including phenoxy) is 1. The maximum Gasteiger partial charge on any atom is 0.246 e. The van der Waals surface area contributed by atoms with Gasteiger partial charge in [-0.05, 0) is 19.1 Å². The highest BCUT2D eigenvalue weighted by Crippen LogP contribution is 2.25. The molecule has 0 aliphatic carbocycles. The van der Waals surface area contributed by atoms with E-state index in [1.807, 2.05) is 0 Å². The molecule has 1 aromatic rings. The maximum absolute atomic E-state index is 13.8. The molecule has 0 aliphatic heterocycles.